The molecule has 17 heavy (non-hydrogen) atoms. The Hall–Kier alpha value is -0.450. The lowest BCUT2D eigenvalue weighted by atomic mass is 10.1. The van der Waals surface area contributed by atoms with E-state index in [0.29, 0.717) is 11.4 Å². The van der Waals surface area contributed by atoms with Gasteiger partial charge in [0.25, 0.3) is 0 Å². The van der Waals surface area contributed by atoms with Crippen molar-refractivity contribution >= 4 is 23.2 Å². The van der Waals surface area contributed by atoms with Gasteiger partial charge in [-0.15, -0.1) is 0 Å². The normalized spacial score (nSPS) is 13.8. The minimum absolute atomic E-state index is 0.00276. The first kappa shape index (κ1) is 14.6. The van der Waals surface area contributed by atoms with Crippen LogP contribution >= 0.6 is 23.2 Å². The summed E-state index contributed by atoms with van der Waals surface area (Å²) in [5, 5.41) is 2.77. The maximum Gasteiger partial charge on any atom is 0.407 e. The second-order valence-electron chi connectivity index (χ2n) is 3.59. The molecule has 1 aromatic carbocycles. The highest BCUT2D eigenvalue weighted by molar-refractivity contribution is 6.35. The fourth-order valence-electron chi connectivity index (χ4n) is 1.43. The van der Waals surface area contributed by atoms with Crippen LogP contribution in [0.15, 0.2) is 18.2 Å². The molecule has 1 atom stereocenters. The number of hydrogen-bond donors (Lipinski definition) is 1. The fourth-order valence-corrected chi connectivity index (χ4v) is 1.94. The molecule has 0 fully saturated rings. The average molecular weight is 286 g/mol. The summed E-state index contributed by atoms with van der Waals surface area (Å²) in [7, 11) is 0. The largest absolute Gasteiger partial charge is 0.407 e. The van der Waals surface area contributed by atoms with Crippen LogP contribution in [0.3, 0.4) is 0 Å². The molecule has 0 aliphatic heterocycles. The monoisotopic (exact) mass is 285 g/mol. The van der Waals surface area contributed by atoms with Crippen molar-refractivity contribution in [3.8, 4) is 0 Å². The van der Waals surface area contributed by atoms with Crippen LogP contribution in [0.5, 0.6) is 0 Å². The Labute approximate surface area is 108 Å². The first-order valence-electron chi connectivity index (χ1n) is 5.11. The summed E-state index contributed by atoms with van der Waals surface area (Å²) < 4.78 is 38.6. The maximum absolute atomic E-state index is 12.9. The molecule has 0 bridgehead atoms. The van der Waals surface area contributed by atoms with E-state index in [2.05, 4.69) is 5.32 Å². The number of hydrogen-bond acceptors (Lipinski definition) is 1. The number of nitrogens with one attached hydrogen (secondary N) is 1. The zero-order valence-corrected chi connectivity index (χ0v) is 10.6. The Balaban J connectivity index is 3.04. The van der Waals surface area contributed by atoms with Crippen molar-refractivity contribution < 1.29 is 13.2 Å². The number of halogens is 5. The lowest BCUT2D eigenvalue weighted by Gasteiger charge is -2.22. The van der Waals surface area contributed by atoms with Crippen molar-refractivity contribution in [2.24, 2.45) is 0 Å². The molecule has 1 nitrogen and oxygen atoms in total. The summed E-state index contributed by atoms with van der Waals surface area (Å²) in [5.74, 6) is 0. The molecule has 0 radical (unpaired) electrons. The van der Waals surface area contributed by atoms with Gasteiger partial charge < -0.3 is 5.32 Å². The van der Waals surface area contributed by atoms with E-state index in [4.69, 9.17) is 23.2 Å². The Morgan fingerprint density at radius 1 is 1.29 bits per heavy atom. The van der Waals surface area contributed by atoms with Crippen molar-refractivity contribution in [3.63, 3.8) is 0 Å². The summed E-state index contributed by atoms with van der Waals surface area (Å²) in [4.78, 5) is 0. The Morgan fingerprint density at radius 2 is 1.94 bits per heavy atom. The Bertz CT molecular complexity index is 379. The molecule has 6 heteroatoms. The van der Waals surface area contributed by atoms with Crippen LogP contribution < -0.4 is 5.32 Å². The lowest BCUT2D eigenvalue weighted by Crippen LogP contribution is -2.34. The van der Waals surface area contributed by atoms with Crippen LogP contribution in [0.4, 0.5) is 13.2 Å². The minimum Gasteiger partial charge on any atom is -0.302 e. The molecular formula is C11H12Cl2F3N. The topological polar surface area (TPSA) is 12.0 Å². The first-order chi connectivity index (χ1) is 7.86. The molecule has 0 aliphatic carbocycles. The summed E-state index contributed by atoms with van der Waals surface area (Å²) in [5.41, 5.74) is -0.00276. The third kappa shape index (κ3) is 4.05. The average Bonchev–Trinajstić information content (AvgIpc) is 2.19. The van der Waals surface area contributed by atoms with Crippen molar-refractivity contribution in [3.05, 3.63) is 33.8 Å². The lowest BCUT2D eigenvalue weighted by molar-refractivity contribution is -0.157. The van der Waals surface area contributed by atoms with Crippen LogP contribution in [0.1, 0.15) is 24.9 Å². The van der Waals surface area contributed by atoms with E-state index in [1.54, 1.807) is 6.92 Å². The highest BCUT2D eigenvalue weighted by atomic mass is 35.5. The molecule has 1 aromatic rings. The van der Waals surface area contributed by atoms with Crippen LogP contribution in [0.2, 0.25) is 10.0 Å². The van der Waals surface area contributed by atoms with Gasteiger partial charge in [-0.25, -0.2) is 0 Å². The summed E-state index contributed by atoms with van der Waals surface area (Å²) in [6, 6.07) is 2.25. The minimum atomic E-state index is -4.38. The van der Waals surface area contributed by atoms with Gasteiger partial charge in [-0.05, 0) is 30.7 Å². The Morgan fingerprint density at radius 3 is 2.41 bits per heavy atom. The summed E-state index contributed by atoms with van der Waals surface area (Å²) in [6.07, 6.45) is -3.77. The second-order valence-corrected chi connectivity index (χ2v) is 4.44. The van der Waals surface area contributed by atoms with Gasteiger partial charge in [-0.1, -0.05) is 36.2 Å². The third-order valence-electron chi connectivity index (χ3n) is 2.20. The number of rotatable bonds is 4. The summed E-state index contributed by atoms with van der Waals surface area (Å²) >= 11 is 11.4. The molecule has 0 amide bonds. The number of benzene rings is 1. The van der Waals surface area contributed by atoms with Gasteiger partial charge in [0.05, 0.1) is 0 Å². The van der Waals surface area contributed by atoms with Crippen LogP contribution in [-0.2, 0) is 0 Å². The second kappa shape index (κ2) is 5.94. The van der Waals surface area contributed by atoms with Gasteiger partial charge in [0.2, 0.25) is 0 Å². The van der Waals surface area contributed by atoms with E-state index >= 15 is 0 Å². The van der Waals surface area contributed by atoms with E-state index in [1.165, 1.54) is 18.2 Å². The quantitative estimate of drug-likeness (QED) is 0.853. The predicted molar refractivity (Wildman–Crippen MR) is 63.6 cm³/mol. The highest BCUT2D eigenvalue weighted by Crippen LogP contribution is 2.36. The highest BCUT2D eigenvalue weighted by Gasteiger charge is 2.41. The molecule has 0 saturated heterocycles. The molecule has 0 saturated carbocycles. The molecule has 1 rings (SSSR count). The summed E-state index contributed by atoms with van der Waals surface area (Å²) in [6.45, 7) is 2.06. The van der Waals surface area contributed by atoms with Gasteiger partial charge in [0.15, 0.2) is 0 Å². The smallest absolute Gasteiger partial charge is 0.302 e. The van der Waals surface area contributed by atoms with Crippen LogP contribution in [0.25, 0.3) is 0 Å². The van der Waals surface area contributed by atoms with Crippen LogP contribution in [0, 0.1) is 0 Å². The van der Waals surface area contributed by atoms with Gasteiger partial charge in [-0.3, -0.25) is 0 Å². The van der Waals surface area contributed by atoms with Gasteiger partial charge in [0, 0.05) is 10.0 Å². The molecule has 1 N–H and O–H groups in total. The third-order valence-corrected chi connectivity index (χ3v) is 2.76. The van der Waals surface area contributed by atoms with Crippen molar-refractivity contribution in [2.75, 3.05) is 6.54 Å². The van der Waals surface area contributed by atoms with Gasteiger partial charge >= 0.3 is 6.18 Å². The van der Waals surface area contributed by atoms with Crippen molar-refractivity contribution in [2.45, 2.75) is 25.6 Å². The molecular weight excluding hydrogens is 274 g/mol. The van der Waals surface area contributed by atoms with E-state index in [0.717, 1.165) is 0 Å². The van der Waals surface area contributed by atoms with E-state index in [-0.39, 0.29) is 17.1 Å². The van der Waals surface area contributed by atoms with Crippen molar-refractivity contribution in [1.82, 2.24) is 5.32 Å². The van der Waals surface area contributed by atoms with Gasteiger partial charge in [-0.2, -0.15) is 13.2 Å². The molecule has 0 aliphatic rings. The molecule has 0 aromatic heterocycles. The zero-order chi connectivity index (χ0) is 13.1. The SMILES string of the molecule is CCCNC(c1ccc(Cl)cc1Cl)C(F)(F)F. The zero-order valence-electron chi connectivity index (χ0n) is 9.11. The van der Waals surface area contributed by atoms with E-state index in [9.17, 15) is 13.2 Å². The molecule has 1 unspecified atom stereocenters. The fraction of sp³-hybridized carbons (Fsp3) is 0.455. The van der Waals surface area contributed by atoms with E-state index < -0.39 is 12.2 Å². The Kier molecular flexibility index (Phi) is 5.10. The molecule has 0 heterocycles. The van der Waals surface area contributed by atoms with Crippen LogP contribution in [-0.4, -0.2) is 12.7 Å². The van der Waals surface area contributed by atoms with E-state index in [1.807, 2.05) is 0 Å². The number of alkyl halides is 3. The standard InChI is InChI=1S/C11H12Cl2F3N/c1-2-5-17-10(11(14,15)16)8-4-3-7(12)6-9(8)13/h3-4,6,10,17H,2,5H2,1H3. The first-order valence-corrected chi connectivity index (χ1v) is 5.87. The predicted octanol–water partition coefficient (Wildman–Crippen LogP) is 4.60. The molecule has 96 valence electrons. The maximum atomic E-state index is 12.9. The van der Waals surface area contributed by atoms with Gasteiger partial charge in [0.1, 0.15) is 6.04 Å². The molecule has 0 spiro atoms. The van der Waals surface area contributed by atoms with Crippen molar-refractivity contribution in [1.29, 1.82) is 0 Å².